The number of nitrogens with one attached hydrogen (secondary N) is 1. The summed E-state index contributed by atoms with van der Waals surface area (Å²) < 4.78 is 5.73. The van der Waals surface area contributed by atoms with E-state index in [2.05, 4.69) is 19.2 Å². The van der Waals surface area contributed by atoms with E-state index >= 15 is 0 Å². The highest BCUT2D eigenvalue weighted by Gasteiger charge is 2.60. The van der Waals surface area contributed by atoms with Crippen LogP contribution >= 0.6 is 0 Å². The first-order chi connectivity index (χ1) is 11.8. The Bertz CT molecular complexity index is 575. The van der Waals surface area contributed by atoms with Crippen LogP contribution in [0.1, 0.15) is 78.6 Å². The molecule has 1 heterocycles. The molecule has 3 aliphatic carbocycles. The number of hydrogen-bond acceptors (Lipinski definition) is 3. The van der Waals surface area contributed by atoms with Crippen LogP contribution in [0.15, 0.2) is 0 Å². The van der Waals surface area contributed by atoms with Gasteiger partial charge in [0.1, 0.15) is 6.10 Å². The number of hydrogen-bond donors (Lipinski definition) is 1. The lowest BCUT2D eigenvalue weighted by Gasteiger charge is -2.58. The maximum absolute atomic E-state index is 12.1. The van der Waals surface area contributed by atoms with Crippen LogP contribution in [0, 0.1) is 28.6 Å². The van der Waals surface area contributed by atoms with Crippen molar-refractivity contribution in [3.8, 4) is 0 Å². The minimum absolute atomic E-state index is 0.107. The molecular formula is C21H33NO3. The molecule has 4 rings (SSSR count). The van der Waals surface area contributed by atoms with E-state index in [-0.39, 0.29) is 28.8 Å². The van der Waals surface area contributed by atoms with Crippen LogP contribution in [-0.2, 0) is 14.3 Å². The Kier molecular flexibility index (Phi) is 4.16. The second-order valence-electron chi connectivity index (χ2n) is 9.65. The van der Waals surface area contributed by atoms with Gasteiger partial charge >= 0.3 is 5.97 Å². The Morgan fingerprint density at radius 2 is 1.80 bits per heavy atom. The van der Waals surface area contributed by atoms with Gasteiger partial charge in [-0.05, 0) is 74.5 Å². The highest BCUT2D eigenvalue weighted by atomic mass is 16.5. The van der Waals surface area contributed by atoms with Crippen molar-refractivity contribution in [2.24, 2.45) is 28.6 Å². The zero-order chi connectivity index (χ0) is 17.8. The number of fused-ring (bicyclic) bond motifs is 5. The monoisotopic (exact) mass is 347 g/mol. The van der Waals surface area contributed by atoms with Crippen LogP contribution in [-0.4, -0.2) is 24.0 Å². The molecule has 0 aromatic heterocycles. The van der Waals surface area contributed by atoms with E-state index < -0.39 is 0 Å². The molecule has 7 atom stereocenters. The molecule has 140 valence electrons. The highest BCUT2D eigenvalue weighted by molar-refractivity contribution is 5.76. The van der Waals surface area contributed by atoms with Crippen molar-refractivity contribution in [2.45, 2.75) is 90.7 Å². The lowest BCUT2D eigenvalue weighted by Crippen LogP contribution is -2.58. The molecule has 5 unspecified atom stereocenters. The molecular weight excluding hydrogens is 314 g/mol. The lowest BCUT2D eigenvalue weighted by molar-refractivity contribution is -0.158. The summed E-state index contributed by atoms with van der Waals surface area (Å²) in [6.07, 6.45) is 9.95. The zero-order valence-electron chi connectivity index (χ0n) is 16.0. The van der Waals surface area contributed by atoms with Crippen molar-refractivity contribution in [3.05, 3.63) is 0 Å². The Balaban J connectivity index is 1.59. The summed E-state index contributed by atoms with van der Waals surface area (Å²) in [7, 11) is 0. The Morgan fingerprint density at radius 3 is 2.56 bits per heavy atom. The number of carbonyl (C=O) groups is 2. The van der Waals surface area contributed by atoms with E-state index in [9.17, 15) is 9.59 Å². The second-order valence-corrected chi connectivity index (χ2v) is 9.65. The van der Waals surface area contributed by atoms with Gasteiger partial charge in [-0.1, -0.05) is 13.8 Å². The van der Waals surface area contributed by atoms with Crippen molar-refractivity contribution in [1.82, 2.24) is 5.32 Å². The highest BCUT2D eigenvalue weighted by Crippen LogP contribution is 2.64. The maximum Gasteiger partial charge on any atom is 0.302 e. The summed E-state index contributed by atoms with van der Waals surface area (Å²) in [4.78, 5) is 23.6. The van der Waals surface area contributed by atoms with Crippen LogP contribution < -0.4 is 5.32 Å². The standard InChI is InChI=1S/C21H33NO3/c1-13(23)25-18-9-7-15-14-6-8-17-20(2,11-4-5-19(24)22-17)16(14)10-12-21(15,18)3/h14-18H,4-12H2,1-3H3,(H,22,24)/t14?,15?,16?,17-,18+,20?,21?/m1/s1. The van der Waals surface area contributed by atoms with E-state index in [0.717, 1.165) is 31.6 Å². The Morgan fingerprint density at radius 1 is 1.04 bits per heavy atom. The fourth-order valence-corrected chi connectivity index (χ4v) is 7.29. The fourth-order valence-electron chi connectivity index (χ4n) is 7.29. The van der Waals surface area contributed by atoms with E-state index in [0.29, 0.717) is 24.3 Å². The number of amides is 1. The third-order valence-corrected chi connectivity index (χ3v) is 8.54. The van der Waals surface area contributed by atoms with Gasteiger partial charge in [-0.25, -0.2) is 0 Å². The Labute approximate surface area is 151 Å². The van der Waals surface area contributed by atoms with Crippen LogP contribution in [0.3, 0.4) is 0 Å². The molecule has 1 saturated heterocycles. The number of ether oxygens (including phenoxy) is 1. The molecule has 3 saturated carbocycles. The molecule has 4 heteroatoms. The number of carbonyl (C=O) groups excluding carboxylic acids is 2. The largest absolute Gasteiger partial charge is 0.462 e. The van der Waals surface area contributed by atoms with E-state index in [1.807, 2.05) is 0 Å². The second kappa shape index (κ2) is 5.99. The van der Waals surface area contributed by atoms with Gasteiger partial charge in [0.2, 0.25) is 5.91 Å². The molecule has 1 aliphatic heterocycles. The van der Waals surface area contributed by atoms with Crippen molar-refractivity contribution < 1.29 is 14.3 Å². The van der Waals surface area contributed by atoms with Gasteiger partial charge in [0, 0.05) is 24.8 Å². The van der Waals surface area contributed by atoms with Crippen molar-refractivity contribution >= 4 is 11.9 Å². The summed E-state index contributed by atoms with van der Waals surface area (Å²) in [5.74, 6) is 2.24. The van der Waals surface area contributed by atoms with Gasteiger partial charge in [-0.2, -0.15) is 0 Å². The van der Waals surface area contributed by atoms with Crippen LogP contribution in [0.2, 0.25) is 0 Å². The van der Waals surface area contributed by atoms with Crippen LogP contribution in [0.25, 0.3) is 0 Å². The van der Waals surface area contributed by atoms with E-state index in [1.54, 1.807) is 6.92 Å². The molecule has 4 fully saturated rings. The van der Waals surface area contributed by atoms with Gasteiger partial charge in [-0.3, -0.25) is 9.59 Å². The number of esters is 1. The quantitative estimate of drug-likeness (QED) is 0.734. The molecule has 4 aliphatic rings. The molecule has 0 aromatic carbocycles. The topological polar surface area (TPSA) is 55.4 Å². The predicted molar refractivity (Wildman–Crippen MR) is 95.7 cm³/mol. The summed E-state index contributed by atoms with van der Waals surface area (Å²) in [5.41, 5.74) is 0.403. The van der Waals surface area contributed by atoms with Crippen molar-refractivity contribution in [1.29, 1.82) is 0 Å². The van der Waals surface area contributed by atoms with Gasteiger partial charge in [-0.15, -0.1) is 0 Å². The summed E-state index contributed by atoms with van der Waals surface area (Å²) in [5, 5.41) is 3.35. The maximum atomic E-state index is 12.1. The number of rotatable bonds is 1. The molecule has 1 N–H and O–H groups in total. The first-order valence-corrected chi connectivity index (χ1v) is 10.3. The average molecular weight is 347 g/mol. The van der Waals surface area contributed by atoms with Crippen LogP contribution in [0.5, 0.6) is 0 Å². The first-order valence-electron chi connectivity index (χ1n) is 10.3. The van der Waals surface area contributed by atoms with Crippen molar-refractivity contribution in [2.75, 3.05) is 0 Å². The molecule has 0 aromatic rings. The lowest BCUT2D eigenvalue weighted by atomic mass is 9.48. The average Bonchev–Trinajstić information content (AvgIpc) is 2.77. The molecule has 0 spiro atoms. The predicted octanol–water partition coefficient (Wildman–Crippen LogP) is 3.83. The third kappa shape index (κ3) is 2.62. The smallest absolute Gasteiger partial charge is 0.302 e. The van der Waals surface area contributed by atoms with Gasteiger partial charge in [0.25, 0.3) is 0 Å². The summed E-state index contributed by atoms with van der Waals surface area (Å²) in [6, 6.07) is 0.360. The van der Waals surface area contributed by atoms with Gasteiger partial charge in [0.05, 0.1) is 0 Å². The van der Waals surface area contributed by atoms with Gasteiger partial charge in [0.15, 0.2) is 0 Å². The van der Waals surface area contributed by atoms with Gasteiger partial charge < -0.3 is 10.1 Å². The first kappa shape index (κ1) is 17.4. The minimum Gasteiger partial charge on any atom is -0.462 e. The fraction of sp³-hybridized carbons (Fsp3) is 0.905. The SMILES string of the molecule is CC(=O)O[C@H]1CCC2C3CC[C@H]4NC(=O)CCCC4(C)C3CCC21C. The van der Waals surface area contributed by atoms with E-state index in [4.69, 9.17) is 4.74 Å². The Hall–Kier alpha value is -1.06. The molecule has 1 amide bonds. The molecule has 25 heavy (non-hydrogen) atoms. The molecule has 4 nitrogen and oxygen atoms in total. The summed E-state index contributed by atoms with van der Waals surface area (Å²) in [6.45, 7) is 6.36. The molecule has 0 radical (unpaired) electrons. The third-order valence-electron chi connectivity index (χ3n) is 8.54. The molecule has 0 bridgehead atoms. The normalized spacial score (nSPS) is 49.2. The van der Waals surface area contributed by atoms with Crippen molar-refractivity contribution in [3.63, 3.8) is 0 Å². The zero-order valence-corrected chi connectivity index (χ0v) is 16.0. The summed E-state index contributed by atoms with van der Waals surface area (Å²) >= 11 is 0. The van der Waals surface area contributed by atoms with Crippen LogP contribution in [0.4, 0.5) is 0 Å². The van der Waals surface area contributed by atoms with E-state index in [1.165, 1.54) is 25.7 Å². The minimum atomic E-state index is -0.129.